The molecule has 5 rings (SSSR count). The van der Waals surface area contributed by atoms with E-state index in [0.717, 1.165) is 19.0 Å². The molecule has 3 aromatic carbocycles. The highest BCUT2D eigenvalue weighted by Gasteiger charge is 2.22. The number of para-hydroxylation sites is 1. The van der Waals surface area contributed by atoms with Gasteiger partial charge in [-0.05, 0) is 55.9 Å². The van der Waals surface area contributed by atoms with E-state index in [9.17, 15) is 0 Å². The number of likely N-dealkylation sites (tertiary alicyclic amines) is 1. The smallest absolute Gasteiger partial charge is 0.103 e. The molecule has 2 nitrogen and oxygen atoms in total. The van der Waals surface area contributed by atoms with Crippen molar-refractivity contribution >= 4 is 21.8 Å². The Hall–Kier alpha value is -2.58. The highest BCUT2D eigenvalue weighted by Crippen LogP contribution is 2.29. The zero-order valence-corrected chi connectivity index (χ0v) is 17.4. The fourth-order valence-electron chi connectivity index (χ4n) is 5.25. The van der Waals surface area contributed by atoms with Gasteiger partial charge >= 0.3 is 0 Å². The molecular weight excluding hydrogens is 352 g/mol. The molecule has 0 unspecified atom stereocenters. The predicted molar refractivity (Wildman–Crippen MR) is 122 cm³/mol. The fourth-order valence-corrected chi connectivity index (χ4v) is 5.25. The molecule has 148 valence electrons. The molecule has 4 aromatic rings. The molecular formula is C27H31N2+. The molecule has 0 radical (unpaired) electrons. The number of fused-ring (bicyclic) bond motifs is 3. The SMILES string of the molecule is CCn1c2ccccc2c2cc(C[NH+]3CCC(Cc4ccccc4)CC3)ccc21. The molecule has 0 aliphatic carbocycles. The van der Waals surface area contributed by atoms with Crippen molar-refractivity contribution in [1.82, 2.24) is 4.57 Å². The maximum absolute atomic E-state index is 2.45. The minimum atomic E-state index is 0.853. The second kappa shape index (κ2) is 8.04. The third-order valence-corrected chi connectivity index (χ3v) is 6.79. The molecule has 1 saturated heterocycles. The lowest BCUT2D eigenvalue weighted by Crippen LogP contribution is -3.11. The molecule has 0 saturated carbocycles. The maximum atomic E-state index is 2.45. The summed E-state index contributed by atoms with van der Waals surface area (Å²) in [5.41, 5.74) is 5.71. The Labute approximate surface area is 173 Å². The summed E-state index contributed by atoms with van der Waals surface area (Å²) in [6, 6.07) is 27.0. The Morgan fingerprint density at radius 1 is 0.793 bits per heavy atom. The third-order valence-electron chi connectivity index (χ3n) is 6.79. The largest absolute Gasteiger partial charge is 0.341 e. The van der Waals surface area contributed by atoms with E-state index in [-0.39, 0.29) is 0 Å². The zero-order chi connectivity index (χ0) is 19.6. The van der Waals surface area contributed by atoms with Crippen LogP contribution in [0.4, 0.5) is 0 Å². The van der Waals surface area contributed by atoms with Crippen molar-refractivity contribution in [1.29, 1.82) is 0 Å². The van der Waals surface area contributed by atoms with Gasteiger partial charge in [0.1, 0.15) is 6.54 Å². The molecule has 0 bridgehead atoms. The first-order chi connectivity index (χ1) is 14.3. The number of aromatic nitrogens is 1. The van der Waals surface area contributed by atoms with Crippen molar-refractivity contribution in [3.05, 3.63) is 83.9 Å². The summed E-state index contributed by atoms with van der Waals surface area (Å²) in [5, 5.41) is 2.81. The number of hydrogen-bond donors (Lipinski definition) is 1. The van der Waals surface area contributed by atoms with Crippen LogP contribution in [0, 0.1) is 5.92 Å². The van der Waals surface area contributed by atoms with Crippen LogP contribution >= 0.6 is 0 Å². The van der Waals surface area contributed by atoms with Crippen molar-refractivity contribution in [3.8, 4) is 0 Å². The van der Waals surface area contributed by atoms with Crippen LogP contribution < -0.4 is 4.90 Å². The molecule has 2 heteroatoms. The Balaban J connectivity index is 1.29. The van der Waals surface area contributed by atoms with Gasteiger partial charge in [0.05, 0.1) is 13.1 Å². The Bertz CT molecular complexity index is 1100. The molecule has 1 aliphatic heterocycles. The average molecular weight is 384 g/mol. The van der Waals surface area contributed by atoms with Gasteiger partial charge in [-0.15, -0.1) is 0 Å². The van der Waals surface area contributed by atoms with Gasteiger partial charge in [0, 0.05) is 33.9 Å². The molecule has 2 heterocycles. The first-order valence-corrected chi connectivity index (χ1v) is 11.2. The van der Waals surface area contributed by atoms with Gasteiger partial charge in [-0.25, -0.2) is 0 Å². The summed E-state index contributed by atoms with van der Waals surface area (Å²) < 4.78 is 2.44. The quantitative estimate of drug-likeness (QED) is 0.504. The Kier molecular flexibility index (Phi) is 5.12. The van der Waals surface area contributed by atoms with Crippen LogP contribution in [0.2, 0.25) is 0 Å². The van der Waals surface area contributed by atoms with Crippen LogP contribution in [-0.4, -0.2) is 17.7 Å². The highest BCUT2D eigenvalue weighted by atomic mass is 15.1. The van der Waals surface area contributed by atoms with Crippen molar-refractivity contribution in [2.24, 2.45) is 5.92 Å². The molecule has 0 amide bonds. The third kappa shape index (κ3) is 3.70. The number of quaternary nitrogens is 1. The number of benzene rings is 3. The van der Waals surface area contributed by atoms with Gasteiger partial charge in [0.2, 0.25) is 0 Å². The standard InChI is InChI=1S/C27H30N2/c1-2-29-26-11-7-6-10-24(26)25-19-23(12-13-27(25)29)20-28-16-14-22(15-17-28)18-21-8-4-3-5-9-21/h3-13,19,22H,2,14-18,20H2,1H3/p+1. The van der Waals surface area contributed by atoms with Crippen LogP contribution in [0.3, 0.4) is 0 Å². The molecule has 0 spiro atoms. The van der Waals surface area contributed by atoms with Crippen LogP contribution in [-0.2, 0) is 19.5 Å². The van der Waals surface area contributed by atoms with Crippen LogP contribution in [0.1, 0.15) is 30.9 Å². The summed E-state index contributed by atoms with van der Waals surface area (Å²) in [7, 11) is 0. The lowest BCUT2D eigenvalue weighted by atomic mass is 9.90. The Morgan fingerprint density at radius 2 is 1.52 bits per heavy atom. The van der Waals surface area contributed by atoms with Gasteiger partial charge in [-0.3, -0.25) is 0 Å². The van der Waals surface area contributed by atoms with Crippen LogP contribution in [0.5, 0.6) is 0 Å². The molecule has 0 atom stereocenters. The summed E-state index contributed by atoms with van der Waals surface area (Å²) in [5.74, 6) is 0.853. The van der Waals surface area contributed by atoms with Crippen molar-refractivity contribution in [3.63, 3.8) is 0 Å². The molecule has 29 heavy (non-hydrogen) atoms. The van der Waals surface area contributed by atoms with Gasteiger partial charge in [-0.2, -0.15) is 0 Å². The van der Waals surface area contributed by atoms with Gasteiger partial charge in [-0.1, -0.05) is 54.6 Å². The summed E-state index contributed by atoms with van der Waals surface area (Å²) >= 11 is 0. The number of hydrogen-bond acceptors (Lipinski definition) is 0. The van der Waals surface area contributed by atoms with Gasteiger partial charge in [0.25, 0.3) is 0 Å². The lowest BCUT2D eigenvalue weighted by molar-refractivity contribution is -0.919. The van der Waals surface area contributed by atoms with E-state index in [1.165, 1.54) is 65.3 Å². The van der Waals surface area contributed by atoms with Crippen LogP contribution in [0.15, 0.2) is 72.8 Å². The second-order valence-electron chi connectivity index (χ2n) is 8.67. The molecule has 1 aliphatic rings. The maximum Gasteiger partial charge on any atom is 0.103 e. The van der Waals surface area contributed by atoms with E-state index < -0.39 is 0 Å². The summed E-state index contributed by atoms with van der Waals surface area (Å²) in [6.07, 6.45) is 3.94. The van der Waals surface area contributed by atoms with Crippen LogP contribution in [0.25, 0.3) is 21.8 Å². The molecule has 1 aromatic heterocycles. The number of piperidine rings is 1. The first kappa shape index (κ1) is 18.4. The number of nitrogens with one attached hydrogen (secondary N) is 1. The molecule has 1 fully saturated rings. The van der Waals surface area contributed by atoms with Crippen molar-refractivity contribution < 1.29 is 4.90 Å². The number of aryl methyl sites for hydroxylation is 1. The Morgan fingerprint density at radius 3 is 2.31 bits per heavy atom. The lowest BCUT2D eigenvalue weighted by Gasteiger charge is -2.29. The minimum absolute atomic E-state index is 0.853. The predicted octanol–water partition coefficient (Wildman–Crippen LogP) is 4.85. The van der Waals surface area contributed by atoms with E-state index in [2.05, 4.69) is 84.3 Å². The zero-order valence-electron chi connectivity index (χ0n) is 17.4. The monoisotopic (exact) mass is 383 g/mol. The average Bonchev–Trinajstić information content (AvgIpc) is 3.09. The van der Waals surface area contributed by atoms with Crippen molar-refractivity contribution in [2.45, 2.75) is 39.3 Å². The minimum Gasteiger partial charge on any atom is -0.341 e. The number of nitrogens with zero attached hydrogens (tertiary/aromatic N) is 1. The van der Waals surface area contributed by atoms with E-state index in [1.54, 1.807) is 4.90 Å². The number of rotatable bonds is 5. The highest BCUT2D eigenvalue weighted by molar-refractivity contribution is 6.08. The van der Waals surface area contributed by atoms with E-state index in [4.69, 9.17) is 0 Å². The van der Waals surface area contributed by atoms with E-state index >= 15 is 0 Å². The molecule has 1 N–H and O–H groups in total. The van der Waals surface area contributed by atoms with Crippen molar-refractivity contribution in [2.75, 3.05) is 13.1 Å². The topological polar surface area (TPSA) is 9.37 Å². The fraction of sp³-hybridized carbons (Fsp3) is 0.333. The second-order valence-corrected chi connectivity index (χ2v) is 8.67. The normalized spacial score (nSPS) is 19.8. The summed E-state index contributed by atoms with van der Waals surface area (Å²) in [6.45, 7) is 7.01. The van der Waals surface area contributed by atoms with Gasteiger partial charge < -0.3 is 9.47 Å². The first-order valence-electron chi connectivity index (χ1n) is 11.2. The summed E-state index contributed by atoms with van der Waals surface area (Å²) in [4.78, 5) is 1.74. The van der Waals surface area contributed by atoms with E-state index in [1.807, 2.05) is 0 Å². The van der Waals surface area contributed by atoms with Gasteiger partial charge in [0.15, 0.2) is 0 Å². The van der Waals surface area contributed by atoms with E-state index in [0.29, 0.717) is 0 Å².